The number of hydrogen-bond acceptors (Lipinski definition) is 11. The number of aromatic nitrogens is 6. The first-order valence-electron chi connectivity index (χ1n) is 13.7. The molecule has 3 rings (SSSR count). The zero-order valence-corrected chi connectivity index (χ0v) is 24.6. The molecule has 3 N–H and O–H groups in total. The molecule has 0 radical (unpaired) electrons. The Kier molecular flexibility index (Phi) is 13.1. The van der Waals surface area contributed by atoms with Crippen molar-refractivity contribution < 1.29 is 22.9 Å². The summed E-state index contributed by atoms with van der Waals surface area (Å²) in [6, 6.07) is 8.86. The Morgan fingerprint density at radius 2 is 1.24 bits per heavy atom. The Balaban J connectivity index is 1.33. The summed E-state index contributed by atoms with van der Waals surface area (Å²) >= 11 is 0. The average Bonchev–Trinajstić information content (AvgIpc) is 3.00. The third-order valence-electron chi connectivity index (χ3n) is 5.61. The highest BCUT2D eigenvalue weighted by atomic mass is 28.4. The van der Waals surface area contributed by atoms with E-state index in [1.165, 1.54) is 0 Å². The third-order valence-corrected chi connectivity index (χ3v) is 8.76. The van der Waals surface area contributed by atoms with Gasteiger partial charge in [0.05, 0.1) is 0 Å². The quantitative estimate of drug-likeness (QED) is 0.157. The Morgan fingerprint density at radius 3 is 1.83 bits per heavy atom. The van der Waals surface area contributed by atoms with Gasteiger partial charge in [-0.25, -0.2) is 14.8 Å². The summed E-state index contributed by atoms with van der Waals surface area (Å²) in [4.78, 5) is 32.7. The molecular formula is C26H37N9O5Si. The first-order chi connectivity index (χ1) is 20.0. The third kappa shape index (κ3) is 10.2. The van der Waals surface area contributed by atoms with Crippen molar-refractivity contribution in [2.75, 3.05) is 39.5 Å². The average molecular weight is 584 g/mol. The van der Waals surface area contributed by atoms with Crippen LogP contribution in [0.1, 0.15) is 44.0 Å². The Bertz CT molecular complexity index is 1190. The van der Waals surface area contributed by atoms with Gasteiger partial charge in [-0.3, -0.25) is 4.79 Å². The van der Waals surface area contributed by atoms with Crippen molar-refractivity contribution in [2.45, 2.75) is 39.7 Å². The van der Waals surface area contributed by atoms with Crippen LogP contribution < -0.4 is 16.0 Å². The number of nitrogens with zero attached hydrogens (tertiary/aromatic N) is 6. The van der Waals surface area contributed by atoms with E-state index in [2.05, 4.69) is 46.3 Å². The van der Waals surface area contributed by atoms with Gasteiger partial charge in [-0.05, 0) is 51.8 Å². The molecule has 0 aliphatic rings. The van der Waals surface area contributed by atoms with Gasteiger partial charge in [0.2, 0.25) is 17.5 Å². The highest BCUT2D eigenvalue weighted by Gasteiger charge is 2.39. The van der Waals surface area contributed by atoms with Crippen LogP contribution in [-0.4, -0.2) is 90.6 Å². The molecule has 0 unspecified atom stereocenters. The molecule has 0 bridgehead atoms. The fraction of sp³-hybridized carbons (Fsp3) is 0.462. The van der Waals surface area contributed by atoms with E-state index >= 15 is 0 Å². The maximum absolute atomic E-state index is 12.5. The SMILES string of the molecule is CCO[Si](CCCNC(=O)NCCCNC(=O)c1ccc(-c2nnc(-c3ncccn3)nn2)cc1)(OCC)OCC. The van der Waals surface area contributed by atoms with Crippen LogP contribution in [0.4, 0.5) is 4.79 Å². The predicted molar refractivity (Wildman–Crippen MR) is 152 cm³/mol. The van der Waals surface area contributed by atoms with Crippen LogP contribution in [0.5, 0.6) is 0 Å². The lowest BCUT2D eigenvalue weighted by atomic mass is 10.1. The number of nitrogens with one attached hydrogen (secondary N) is 3. The second kappa shape index (κ2) is 17.0. The molecule has 0 spiro atoms. The van der Waals surface area contributed by atoms with E-state index in [1.807, 2.05) is 20.8 Å². The van der Waals surface area contributed by atoms with Gasteiger partial charge in [0.25, 0.3) is 5.91 Å². The van der Waals surface area contributed by atoms with Crippen molar-refractivity contribution in [1.82, 2.24) is 46.3 Å². The summed E-state index contributed by atoms with van der Waals surface area (Å²) in [5.74, 6) is 0.659. The molecule has 0 aliphatic carbocycles. The summed E-state index contributed by atoms with van der Waals surface area (Å²) in [6.07, 6.45) is 4.43. The van der Waals surface area contributed by atoms with Gasteiger partial charge in [-0.1, -0.05) is 12.1 Å². The summed E-state index contributed by atoms with van der Waals surface area (Å²) < 4.78 is 17.5. The van der Waals surface area contributed by atoms with Crippen LogP contribution in [0.2, 0.25) is 6.04 Å². The molecule has 3 amide bonds. The first-order valence-corrected chi connectivity index (χ1v) is 15.6. The molecule has 14 nitrogen and oxygen atoms in total. The second-order valence-corrected chi connectivity index (χ2v) is 11.3. The lowest BCUT2D eigenvalue weighted by Gasteiger charge is -2.28. The van der Waals surface area contributed by atoms with Crippen molar-refractivity contribution in [3.8, 4) is 23.0 Å². The van der Waals surface area contributed by atoms with E-state index in [4.69, 9.17) is 13.3 Å². The predicted octanol–water partition coefficient (Wildman–Crippen LogP) is 2.25. The van der Waals surface area contributed by atoms with Gasteiger partial charge < -0.3 is 29.2 Å². The Hall–Kier alpha value is -3.92. The minimum absolute atomic E-state index is 0.222. The minimum atomic E-state index is -2.70. The highest BCUT2D eigenvalue weighted by molar-refractivity contribution is 6.60. The van der Waals surface area contributed by atoms with E-state index in [0.29, 0.717) is 81.1 Å². The molecule has 41 heavy (non-hydrogen) atoms. The summed E-state index contributed by atoms with van der Waals surface area (Å²) in [6.45, 7) is 8.61. The molecular weight excluding hydrogens is 546 g/mol. The van der Waals surface area contributed by atoms with Gasteiger partial charge in [-0.15, -0.1) is 20.4 Å². The molecule has 0 atom stereocenters. The highest BCUT2D eigenvalue weighted by Crippen LogP contribution is 2.18. The van der Waals surface area contributed by atoms with Gasteiger partial charge in [-0.2, -0.15) is 0 Å². The van der Waals surface area contributed by atoms with Crippen LogP contribution in [0, 0.1) is 0 Å². The summed E-state index contributed by atoms with van der Waals surface area (Å²) in [5, 5.41) is 24.7. The van der Waals surface area contributed by atoms with Gasteiger partial charge in [0, 0.05) is 69.0 Å². The van der Waals surface area contributed by atoms with Crippen LogP contribution in [0.3, 0.4) is 0 Å². The fourth-order valence-corrected chi connectivity index (χ4v) is 6.40. The maximum atomic E-state index is 12.5. The lowest BCUT2D eigenvalue weighted by molar-refractivity contribution is 0.0708. The van der Waals surface area contributed by atoms with Crippen LogP contribution >= 0.6 is 0 Å². The van der Waals surface area contributed by atoms with Crippen molar-refractivity contribution in [2.24, 2.45) is 0 Å². The number of carbonyl (C=O) groups excluding carboxylic acids is 2. The normalized spacial score (nSPS) is 11.2. The first kappa shape index (κ1) is 31.6. The molecule has 2 aromatic heterocycles. The Morgan fingerprint density at radius 1 is 0.707 bits per heavy atom. The van der Waals surface area contributed by atoms with E-state index in [1.54, 1.807) is 42.7 Å². The molecule has 15 heteroatoms. The topological polar surface area (TPSA) is 175 Å². The molecule has 220 valence electrons. The fourth-order valence-electron chi connectivity index (χ4n) is 3.78. The van der Waals surface area contributed by atoms with Crippen LogP contribution in [0.15, 0.2) is 42.7 Å². The number of urea groups is 1. The molecule has 2 heterocycles. The number of amides is 3. The molecule has 0 saturated heterocycles. The van der Waals surface area contributed by atoms with Gasteiger partial charge in [0.1, 0.15) is 0 Å². The molecule has 1 aromatic carbocycles. The van der Waals surface area contributed by atoms with Gasteiger partial charge >= 0.3 is 14.8 Å². The molecule has 0 aliphatic heterocycles. The second-order valence-electron chi connectivity index (χ2n) is 8.57. The Labute approximate surface area is 240 Å². The molecule has 0 saturated carbocycles. The summed E-state index contributed by atoms with van der Waals surface area (Å²) in [7, 11) is -2.70. The number of carbonyl (C=O) groups is 2. The monoisotopic (exact) mass is 583 g/mol. The van der Waals surface area contributed by atoms with E-state index in [9.17, 15) is 9.59 Å². The standard InChI is InChI=1S/C26H37N9O5Si/c1-4-38-41(39-5-2,40-6-3)19-9-18-31-26(37)30-17-8-16-29-25(36)21-12-10-20(11-13-21)22-32-34-24(35-33-22)23-27-14-7-15-28-23/h7,10-15H,4-6,8-9,16-19H2,1-3H3,(H,29,36)(H2,30,31,37). The van der Waals surface area contributed by atoms with Crippen molar-refractivity contribution >= 4 is 20.7 Å². The van der Waals surface area contributed by atoms with Crippen molar-refractivity contribution in [3.05, 3.63) is 48.3 Å². The van der Waals surface area contributed by atoms with Crippen LogP contribution in [0.25, 0.3) is 23.0 Å². The molecule has 0 fully saturated rings. The lowest BCUT2D eigenvalue weighted by Crippen LogP contribution is -2.46. The largest absolute Gasteiger partial charge is 0.500 e. The number of rotatable bonds is 17. The number of benzene rings is 1. The van der Waals surface area contributed by atoms with Crippen molar-refractivity contribution in [1.29, 1.82) is 0 Å². The van der Waals surface area contributed by atoms with Crippen molar-refractivity contribution in [3.63, 3.8) is 0 Å². The zero-order valence-electron chi connectivity index (χ0n) is 23.6. The van der Waals surface area contributed by atoms with Crippen LogP contribution in [-0.2, 0) is 13.3 Å². The van der Waals surface area contributed by atoms with E-state index in [-0.39, 0.29) is 17.8 Å². The smallest absolute Gasteiger partial charge is 0.374 e. The molecule has 3 aromatic rings. The van der Waals surface area contributed by atoms with E-state index in [0.717, 1.165) is 0 Å². The summed E-state index contributed by atoms with van der Waals surface area (Å²) in [5.41, 5.74) is 1.15. The van der Waals surface area contributed by atoms with Gasteiger partial charge in [0.15, 0.2) is 0 Å². The maximum Gasteiger partial charge on any atom is 0.500 e. The number of hydrogen-bond donors (Lipinski definition) is 3. The van der Waals surface area contributed by atoms with E-state index < -0.39 is 8.80 Å². The minimum Gasteiger partial charge on any atom is -0.374 e. The zero-order chi connectivity index (χ0) is 29.3.